The zero-order valence-electron chi connectivity index (χ0n) is 17.7. The van der Waals surface area contributed by atoms with Gasteiger partial charge in [-0.3, -0.25) is 9.59 Å². The van der Waals surface area contributed by atoms with Crippen molar-refractivity contribution in [2.75, 3.05) is 18.4 Å². The highest BCUT2D eigenvalue weighted by Crippen LogP contribution is 2.30. The zero-order chi connectivity index (χ0) is 20.9. The Morgan fingerprint density at radius 2 is 1.67 bits per heavy atom. The number of fused-ring (bicyclic) bond motifs is 1. The van der Waals surface area contributed by atoms with Crippen molar-refractivity contribution in [1.82, 2.24) is 4.90 Å². The molecular weight excluding hydrogens is 376 g/mol. The molecule has 30 heavy (non-hydrogen) atoms. The maximum absolute atomic E-state index is 12.6. The summed E-state index contributed by atoms with van der Waals surface area (Å²) in [4.78, 5) is 27.1. The van der Waals surface area contributed by atoms with E-state index in [-0.39, 0.29) is 11.8 Å². The lowest BCUT2D eigenvalue weighted by Gasteiger charge is -2.26. The van der Waals surface area contributed by atoms with Gasteiger partial charge in [-0.05, 0) is 93.3 Å². The molecule has 1 atom stereocenters. The van der Waals surface area contributed by atoms with Crippen LogP contribution in [-0.2, 0) is 17.6 Å². The Labute approximate surface area is 178 Å². The van der Waals surface area contributed by atoms with Gasteiger partial charge in [0.1, 0.15) is 5.75 Å². The van der Waals surface area contributed by atoms with Gasteiger partial charge in [0, 0.05) is 24.3 Å². The number of benzene rings is 2. The van der Waals surface area contributed by atoms with Crippen LogP contribution < -0.4 is 10.1 Å². The third-order valence-corrected chi connectivity index (χ3v) is 6.07. The highest BCUT2D eigenvalue weighted by Gasteiger charge is 2.21. The molecule has 1 aliphatic heterocycles. The van der Waals surface area contributed by atoms with Gasteiger partial charge in [0.2, 0.25) is 0 Å². The van der Waals surface area contributed by atoms with E-state index in [9.17, 15) is 9.59 Å². The number of nitrogens with zero attached hydrogens (tertiary/aromatic N) is 1. The van der Waals surface area contributed by atoms with Crippen LogP contribution in [-0.4, -0.2) is 35.9 Å². The van der Waals surface area contributed by atoms with E-state index in [4.69, 9.17) is 4.74 Å². The highest BCUT2D eigenvalue weighted by atomic mass is 16.5. The Kier molecular flexibility index (Phi) is 6.36. The van der Waals surface area contributed by atoms with E-state index in [0.29, 0.717) is 11.3 Å². The van der Waals surface area contributed by atoms with Crippen LogP contribution >= 0.6 is 0 Å². The van der Waals surface area contributed by atoms with E-state index in [1.165, 1.54) is 24.0 Å². The first-order valence-corrected chi connectivity index (χ1v) is 11.1. The maximum atomic E-state index is 12.6. The molecule has 5 nitrogen and oxygen atoms in total. The molecule has 0 aromatic heterocycles. The molecule has 1 unspecified atom stereocenters. The summed E-state index contributed by atoms with van der Waals surface area (Å²) in [6.07, 6.45) is 7.19. The molecule has 5 heteroatoms. The molecule has 1 N–H and O–H groups in total. The van der Waals surface area contributed by atoms with Crippen molar-refractivity contribution in [3.63, 3.8) is 0 Å². The average molecular weight is 407 g/mol. The lowest BCUT2D eigenvalue weighted by atomic mass is 9.91. The molecule has 0 spiro atoms. The number of ether oxygens (including phenoxy) is 1. The third kappa shape index (κ3) is 4.66. The summed E-state index contributed by atoms with van der Waals surface area (Å²) in [6, 6.07) is 13.2. The molecule has 2 amide bonds. The maximum Gasteiger partial charge on any atom is 0.265 e. The fourth-order valence-electron chi connectivity index (χ4n) is 4.32. The topological polar surface area (TPSA) is 58.6 Å². The van der Waals surface area contributed by atoms with Gasteiger partial charge in [0.25, 0.3) is 11.8 Å². The van der Waals surface area contributed by atoms with Crippen LogP contribution in [0.25, 0.3) is 0 Å². The van der Waals surface area contributed by atoms with Gasteiger partial charge in [-0.1, -0.05) is 12.1 Å². The number of carbonyl (C=O) groups is 2. The van der Waals surface area contributed by atoms with Crippen molar-refractivity contribution in [2.24, 2.45) is 0 Å². The summed E-state index contributed by atoms with van der Waals surface area (Å²) in [5.74, 6) is 0.689. The van der Waals surface area contributed by atoms with E-state index in [1.807, 2.05) is 17.0 Å². The standard InChI is InChI=1S/C25H30N2O3/c1-18(30-23-11-7-9-19-8-3-4-10-22(19)23)24(28)26-21-14-12-20(13-15-21)25(29)27-16-5-2-6-17-27/h7,9,11-15,18H,2-6,8,10,16-17H2,1H3,(H,26,28). The monoisotopic (exact) mass is 406 g/mol. The number of anilines is 1. The number of hydrogen-bond donors (Lipinski definition) is 1. The summed E-state index contributed by atoms with van der Waals surface area (Å²) in [5.41, 5.74) is 3.90. The number of rotatable bonds is 5. The first-order valence-electron chi connectivity index (χ1n) is 11.1. The molecular formula is C25H30N2O3. The summed E-state index contributed by atoms with van der Waals surface area (Å²) in [7, 11) is 0. The predicted octanol–water partition coefficient (Wildman–Crippen LogP) is 4.60. The average Bonchev–Trinajstić information content (AvgIpc) is 2.80. The van der Waals surface area contributed by atoms with Gasteiger partial charge >= 0.3 is 0 Å². The van der Waals surface area contributed by atoms with Crippen LogP contribution in [0.1, 0.15) is 60.5 Å². The smallest absolute Gasteiger partial charge is 0.265 e. The fraction of sp³-hybridized carbons (Fsp3) is 0.440. The minimum absolute atomic E-state index is 0.0677. The van der Waals surface area contributed by atoms with Gasteiger partial charge in [0.05, 0.1) is 0 Å². The molecule has 1 heterocycles. The SMILES string of the molecule is CC(Oc1cccc2c1CCCC2)C(=O)Nc1ccc(C(=O)N2CCCCC2)cc1. The van der Waals surface area contributed by atoms with Crippen molar-refractivity contribution in [2.45, 2.75) is 58.0 Å². The molecule has 2 aromatic carbocycles. The molecule has 1 saturated heterocycles. The number of likely N-dealkylation sites (tertiary alicyclic amines) is 1. The summed E-state index contributed by atoms with van der Waals surface area (Å²) >= 11 is 0. The molecule has 1 fully saturated rings. The van der Waals surface area contributed by atoms with Crippen LogP contribution in [0.3, 0.4) is 0 Å². The van der Waals surface area contributed by atoms with Crippen LogP contribution in [0.15, 0.2) is 42.5 Å². The van der Waals surface area contributed by atoms with Gasteiger partial charge in [0.15, 0.2) is 6.10 Å². The minimum atomic E-state index is -0.604. The highest BCUT2D eigenvalue weighted by molar-refractivity contribution is 5.97. The molecule has 2 aliphatic rings. The molecule has 4 rings (SSSR count). The second-order valence-electron chi connectivity index (χ2n) is 8.28. The molecule has 0 saturated carbocycles. The fourth-order valence-corrected chi connectivity index (χ4v) is 4.32. The Bertz CT molecular complexity index is 901. The first-order chi connectivity index (χ1) is 14.6. The van der Waals surface area contributed by atoms with E-state index in [0.717, 1.165) is 50.9 Å². The summed E-state index contributed by atoms with van der Waals surface area (Å²) < 4.78 is 6.02. The second-order valence-corrected chi connectivity index (χ2v) is 8.28. The van der Waals surface area contributed by atoms with Crippen molar-refractivity contribution >= 4 is 17.5 Å². The van der Waals surface area contributed by atoms with Gasteiger partial charge in [-0.15, -0.1) is 0 Å². The molecule has 2 aromatic rings. The lowest BCUT2D eigenvalue weighted by molar-refractivity contribution is -0.122. The number of carbonyl (C=O) groups excluding carboxylic acids is 2. The van der Waals surface area contributed by atoms with Crippen LogP contribution in [0, 0.1) is 0 Å². The normalized spacial score (nSPS) is 17.0. The number of aryl methyl sites for hydroxylation is 1. The lowest BCUT2D eigenvalue weighted by Crippen LogP contribution is -2.35. The van der Waals surface area contributed by atoms with Gasteiger partial charge < -0.3 is 15.0 Å². The van der Waals surface area contributed by atoms with Crippen molar-refractivity contribution in [3.05, 3.63) is 59.2 Å². The van der Waals surface area contributed by atoms with Crippen LogP contribution in [0.2, 0.25) is 0 Å². The van der Waals surface area contributed by atoms with Crippen molar-refractivity contribution in [3.8, 4) is 5.75 Å². The first kappa shape index (κ1) is 20.5. The molecule has 158 valence electrons. The Hall–Kier alpha value is -2.82. The summed E-state index contributed by atoms with van der Waals surface area (Å²) in [6.45, 7) is 3.43. The number of amides is 2. The van der Waals surface area contributed by atoms with E-state index in [1.54, 1.807) is 31.2 Å². The second kappa shape index (κ2) is 9.33. The Morgan fingerprint density at radius 1 is 0.933 bits per heavy atom. The molecule has 1 aliphatic carbocycles. The largest absolute Gasteiger partial charge is 0.481 e. The third-order valence-electron chi connectivity index (χ3n) is 6.07. The predicted molar refractivity (Wildman–Crippen MR) is 118 cm³/mol. The number of hydrogen-bond acceptors (Lipinski definition) is 3. The van der Waals surface area contributed by atoms with E-state index < -0.39 is 6.10 Å². The van der Waals surface area contributed by atoms with E-state index >= 15 is 0 Å². The van der Waals surface area contributed by atoms with Crippen LogP contribution in [0.4, 0.5) is 5.69 Å². The van der Waals surface area contributed by atoms with E-state index in [2.05, 4.69) is 11.4 Å². The quantitative estimate of drug-likeness (QED) is 0.790. The Balaban J connectivity index is 1.36. The molecule has 0 radical (unpaired) electrons. The van der Waals surface area contributed by atoms with Gasteiger partial charge in [-0.25, -0.2) is 0 Å². The zero-order valence-corrected chi connectivity index (χ0v) is 17.7. The molecule has 0 bridgehead atoms. The number of piperidine rings is 1. The van der Waals surface area contributed by atoms with Gasteiger partial charge in [-0.2, -0.15) is 0 Å². The number of nitrogens with one attached hydrogen (secondary N) is 1. The van der Waals surface area contributed by atoms with Crippen LogP contribution in [0.5, 0.6) is 5.75 Å². The van der Waals surface area contributed by atoms with Crippen molar-refractivity contribution < 1.29 is 14.3 Å². The minimum Gasteiger partial charge on any atom is -0.481 e. The van der Waals surface area contributed by atoms with Crippen molar-refractivity contribution in [1.29, 1.82) is 0 Å². The Morgan fingerprint density at radius 3 is 2.43 bits per heavy atom. The summed E-state index contributed by atoms with van der Waals surface area (Å²) in [5, 5.41) is 2.90.